The third-order valence-corrected chi connectivity index (χ3v) is 8.32. The van der Waals surface area contributed by atoms with Crippen LogP contribution in [0, 0.1) is 5.92 Å². The Morgan fingerprint density at radius 1 is 1.20 bits per heavy atom. The summed E-state index contributed by atoms with van der Waals surface area (Å²) >= 11 is 0. The van der Waals surface area contributed by atoms with E-state index in [1.54, 1.807) is 0 Å². The molecule has 30 heavy (non-hydrogen) atoms. The van der Waals surface area contributed by atoms with E-state index in [4.69, 9.17) is 0 Å². The molecule has 1 aliphatic carbocycles. The maximum atomic E-state index is 12.2. The molecule has 3 unspecified atom stereocenters. The van der Waals surface area contributed by atoms with Gasteiger partial charge in [-0.1, -0.05) is 44.5 Å². The Morgan fingerprint density at radius 3 is 2.70 bits per heavy atom. The average Bonchev–Trinajstić information content (AvgIpc) is 2.78. The molecule has 1 aromatic carbocycles. The van der Waals surface area contributed by atoms with Crippen molar-refractivity contribution in [3.05, 3.63) is 35.4 Å². The van der Waals surface area contributed by atoms with Crippen LogP contribution in [0.15, 0.2) is 29.3 Å². The Kier molecular flexibility index (Phi) is 9.19. The molecule has 1 aromatic rings. The van der Waals surface area contributed by atoms with Crippen molar-refractivity contribution in [1.82, 2.24) is 15.5 Å². The van der Waals surface area contributed by atoms with Gasteiger partial charge in [-0.15, -0.1) is 0 Å². The van der Waals surface area contributed by atoms with Crippen LogP contribution in [0.5, 0.6) is 0 Å². The number of hydrogen-bond acceptors (Lipinski definition) is 3. The van der Waals surface area contributed by atoms with Gasteiger partial charge in [-0.25, -0.2) is 0 Å². The van der Waals surface area contributed by atoms with Gasteiger partial charge >= 0.3 is 0 Å². The van der Waals surface area contributed by atoms with Crippen molar-refractivity contribution in [3.8, 4) is 0 Å². The predicted octanol–water partition coefficient (Wildman–Crippen LogP) is 3.66. The largest absolute Gasteiger partial charge is 0.354 e. The number of aliphatic imine (C=N–C) groups is 1. The molecule has 0 amide bonds. The highest BCUT2D eigenvalue weighted by molar-refractivity contribution is 7.85. The number of piperidine rings is 1. The number of nitrogens with one attached hydrogen (secondary N) is 2. The molecule has 0 radical (unpaired) electrons. The van der Waals surface area contributed by atoms with Gasteiger partial charge in [0, 0.05) is 48.0 Å². The third kappa shape index (κ3) is 7.09. The molecule has 0 aromatic heterocycles. The Balaban J connectivity index is 1.48. The highest BCUT2D eigenvalue weighted by atomic mass is 32.2. The van der Waals surface area contributed by atoms with Gasteiger partial charge in [0.2, 0.25) is 0 Å². The van der Waals surface area contributed by atoms with Crippen molar-refractivity contribution in [2.24, 2.45) is 10.9 Å². The average molecular weight is 433 g/mol. The van der Waals surface area contributed by atoms with E-state index in [0.29, 0.717) is 11.3 Å². The number of hydrogen-bond donors (Lipinski definition) is 2. The minimum absolute atomic E-state index is 0.328. The summed E-state index contributed by atoms with van der Waals surface area (Å²) in [6.07, 6.45) is 6.97. The fraction of sp³-hybridized carbons (Fsp3) is 0.708. The van der Waals surface area contributed by atoms with E-state index in [-0.39, 0.29) is 0 Å². The maximum absolute atomic E-state index is 12.2. The smallest absolute Gasteiger partial charge is 0.191 e. The second kappa shape index (κ2) is 11.8. The van der Waals surface area contributed by atoms with Crippen LogP contribution in [-0.2, 0) is 23.9 Å². The van der Waals surface area contributed by atoms with Crippen molar-refractivity contribution in [2.75, 3.05) is 25.9 Å². The van der Waals surface area contributed by atoms with Crippen LogP contribution in [0.3, 0.4) is 0 Å². The normalized spacial score (nSPS) is 25.1. The summed E-state index contributed by atoms with van der Waals surface area (Å²) in [6, 6.07) is 9.27. The number of nitrogens with zero attached hydrogens (tertiary/aromatic N) is 2. The zero-order valence-corrected chi connectivity index (χ0v) is 19.8. The molecule has 0 spiro atoms. The summed E-state index contributed by atoms with van der Waals surface area (Å²) in [6.45, 7) is 8.62. The zero-order valence-electron chi connectivity index (χ0n) is 19.0. The summed E-state index contributed by atoms with van der Waals surface area (Å²) < 4.78 is 12.2. The second-order valence-corrected chi connectivity index (χ2v) is 11.0. The first-order chi connectivity index (χ1) is 14.6. The monoisotopic (exact) mass is 432 g/mol. The number of guanidine groups is 1. The second-order valence-electron chi connectivity index (χ2n) is 9.00. The first-order valence-corrected chi connectivity index (χ1v) is 13.1. The first kappa shape index (κ1) is 23.3. The van der Waals surface area contributed by atoms with Crippen LogP contribution in [0.25, 0.3) is 0 Å². The van der Waals surface area contributed by atoms with E-state index >= 15 is 0 Å². The van der Waals surface area contributed by atoms with E-state index in [1.165, 1.54) is 37.1 Å². The van der Waals surface area contributed by atoms with Gasteiger partial charge in [-0.05, 0) is 62.2 Å². The van der Waals surface area contributed by atoms with Crippen molar-refractivity contribution in [1.29, 1.82) is 0 Å². The highest BCUT2D eigenvalue weighted by Gasteiger charge is 2.26. The minimum Gasteiger partial charge on any atom is -0.354 e. The SMILES string of the molecule is CCS(=O)C1CCCC(NC(=NC)NCc2cccc(CN3CCC(C)CC3)c2)C1. The van der Waals surface area contributed by atoms with E-state index < -0.39 is 10.8 Å². The summed E-state index contributed by atoms with van der Waals surface area (Å²) in [5.74, 6) is 2.48. The molecule has 5 nitrogen and oxygen atoms in total. The molecular formula is C24H40N4OS. The molecule has 2 aliphatic rings. The molecule has 3 atom stereocenters. The molecule has 1 aliphatic heterocycles. The molecular weight excluding hydrogens is 392 g/mol. The Morgan fingerprint density at radius 2 is 1.97 bits per heavy atom. The van der Waals surface area contributed by atoms with Crippen LogP contribution in [0.1, 0.15) is 63.5 Å². The lowest BCUT2D eigenvalue weighted by Gasteiger charge is -2.30. The van der Waals surface area contributed by atoms with Gasteiger partial charge in [-0.3, -0.25) is 14.1 Å². The van der Waals surface area contributed by atoms with Crippen LogP contribution in [0.4, 0.5) is 0 Å². The van der Waals surface area contributed by atoms with E-state index in [9.17, 15) is 4.21 Å². The first-order valence-electron chi connectivity index (χ1n) is 11.7. The zero-order chi connectivity index (χ0) is 21.3. The molecule has 1 saturated carbocycles. The van der Waals surface area contributed by atoms with Gasteiger partial charge in [0.1, 0.15) is 0 Å². The molecule has 3 rings (SSSR count). The van der Waals surface area contributed by atoms with Gasteiger partial charge in [0.05, 0.1) is 0 Å². The fourth-order valence-electron chi connectivity index (χ4n) is 4.64. The fourth-order valence-corrected chi connectivity index (χ4v) is 5.99. The number of benzene rings is 1. The van der Waals surface area contributed by atoms with Crippen LogP contribution in [-0.4, -0.2) is 52.3 Å². The number of rotatable bonds is 7. The topological polar surface area (TPSA) is 56.7 Å². The molecule has 1 heterocycles. The van der Waals surface area contributed by atoms with Crippen molar-refractivity contribution in [3.63, 3.8) is 0 Å². The molecule has 168 valence electrons. The van der Waals surface area contributed by atoms with Crippen molar-refractivity contribution >= 4 is 16.8 Å². The Labute approximate surface area is 185 Å². The number of likely N-dealkylation sites (tertiary alicyclic amines) is 1. The van der Waals surface area contributed by atoms with Crippen LogP contribution >= 0.6 is 0 Å². The summed E-state index contributed by atoms with van der Waals surface area (Å²) in [5, 5.41) is 7.37. The molecule has 1 saturated heterocycles. The lowest BCUT2D eigenvalue weighted by atomic mass is 9.95. The Bertz CT molecular complexity index is 715. The molecule has 2 N–H and O–H groups in total. The summed E-state index contributed by atoms with van der Waals surface area (Å²) in [5.41, 5.74) is 2.68. The quantitative estimate of drug-likeness (QED) is 0.510. The van der Waals surface area contributed by atoms with Gasteiger partial charge in [-0.2, -0.15) is 0 Å². The van der Waals surface area contributed by atoms with Crippen LogP contribution in [0.2, 0.25) is 0 Å². The van der Waals surface area contributed by atoms with E-state index in [1.807, 2.05) is 14.0 Å². The third-order valence-electron chi connectivity index (χ3n) is 6.58. The Hall–Kier alpha value is -1.40. The lowest BCUT2D eigenvalue weighted by Crippen LogP contribution is -2.46. The summed E-state index contributed by atoms with van der Waals surface area (Å²) in [7, 11) is 1.13. The summed E-state index contributed by atoms with van der Waals surface area (Å²) in [4.78, 5) is 7.00. The van der Waals surface area contributed by atoms with Crippen molar-refractivity contribution in [2.45, 2.75) is 76.8 Å². The van der Waals surface area contributed by atoms with Crippen molar-refractivity contribution < 1.29 is 4.21 Å². The lowest BCUT2D eigenvalue weighted by molar-refractivity contribution is 0.185. The van der Waals surface area contributed by atoms with E-state index in [2.05, 4.69) is 51.7 Å². The molecule has 2 fully saturated rings. The predicted molar refractivity (Wildman–Crippen MR) is 128 cm³/mol. The molecule has 6 heteroatoms. The maximum Gasteiger partial charge on any atom is 0.191 e. The van der Waals surface area contributed by atoms with Gasteiger partial charge in [0.15, 0.2) is 5.96 Å². The highest BCUT2D eigenvalue weighted by Crippen LogP contribution is 2.23. The van der Waals surface area contributed by atoms with Crippen LogP contribution < -0.4 is 10.6 Å². The van der Waals surface area contributed by atoms with Gasteiger partial charge < -0.3 is 10.6 Å². The van der Waals surface area contributed by atoms with E-state index in [0.717, 1.165) is 56.4 Å². The van der Waals surface area contributed by atoms with Gasteiger partial charge in [0.25, 0.3) is 0 Å². The molecule has 0 bridgehead atoms. The standard InChI is InChI=1S/C24H40N4OS/c1-4-30(29)23-10-6-9-22(16-23)27-24(25-3)26-17-20-7-5-8-21(15-20)18-28-13-11-19(2)12-14-28/h5,7-8,15,19,22-23H,4,6,9-14,16-18H2,1-3H3,(H2,25,26,27). The minimum atomic E-state index is -0.697.